The predicted molar refractivity (Wildman–Crippen MR) is 32.0 cm³/mol. The molecule has 0 unspecified atom stereocenters. The van der Waals surface area contributed by atoms with E-state index in [4.69, 9.17) is 4.74 Å². The molecule has 3 atom stereocenters. The molecule has 0 spiro atoms. The molecule has 1 saturated carbocycles. The van der Waals surface area contributed by atoms with Gasteiger partial charge in [0.25, 0.3) is 0 Å². The van der Waals surface area contributed by atoms with Gasteiger partial charge in [-0.3, -0.25) is 4.79 Å². The van der Waals surface area contributed by atoms with Gasteiger partial charge in [-0.2, -0.15) is 0 Å². The van der Waals surface area contributed by atoms with E-state index in [1.807, 2.05) is 0 Å². The van der Waals surface area contributed by atoms with Crippen LogP contribution in [0.25, 0.3) is 0 Å². The molecule has 1 aliphatic carbocycles. The number of fused-ring (bicyclic) bond motifs is 1. The Labute approximate surface area is 54.2 Å². The lowest BCUT2D eigenvalue weighted by Crippen LogP contribution is -2.04. The zero-order chi connectivity index (χ0) is 6.43. The van der Waals surface area contributed by atoms with E-state index < -0.39 is 0 Å². The lowest BCUT2D eigenvalue weighted by molar-refractivity contribution is -0.119. The van der Waals surface area contributed by atoms with Crippen molar-refractivity contribution in [2.75, 3.05) is 13.2 Å². The van der Waals surface area contributed by atoms with Gasteiger partial charge < -0.3 is 4.74 Å². The maximum atomic E-state index is 10.8. The Hall–Kier alpha value is -0.370. The Balaban J connectivity index is 2.02. The second-order valence-electron chi connectivity index (χ2n) is 3.00. The third kappa shape index (κ3) is 0.628. The van der Waals surface area contributed by atoms with Gasteiger partial charge in [-0.15, -0.1) is 0 Å². The minimum atomic E-state index is 0.355. The van der Waals surface area contributed by atoms with Gasteiger partial charge in [-0.05, 0) is 18.8 Å². The third-order valence-electron chi connectivity index (χ3n) is 2.42. The fraction of sp³-hybridized carbons (Fsp3) is 0.857. The van der Waals surface area contributed by atoms with Crippen LogP contribution >= 0.6 is 0 Å². The van der Waals surface area contributed by atoms with Crippen LogP contribution in [-0.2, 0) is 9.53 Å². The molecular formula is C7H10O2. The molecule has 2 nitrogen and oxygen atoms in total. The van der Waals surface area contributed by atoms with E-state index >= 15 is 0 Å². The summed E-state index contributed by atoms with van der Waals surface area (Å²) < 4.78 is 5.13. The molecule has 2 fully saturated rings. The molecule has 0 amide bonds. The van der Waals surface area contributed by atoms with Crippen molar-refractivity contribution in [1.82, 2.24) is 0 Å². The Kier molecular flexibility index (Phi) is 0.943. The average molecular weight is 126 g/mol. The van der Waals surface area contributed by atoms with Crippen LogP contribution in [0.5, 0.6) is 0 Å². The van der Waals surface area contributed by atoms with Crippen molar-refractivity contribution >= 4 is 5.78 Å². The molecule has 2 heteroatoms. The molecule has 1 heterocycles. The summed E-state index contributed by atoms with van der Waals surface area (Å²) in [5, 5.41) is 0. The van der Waals surface area contributed by atoms with E-state index in [9.17, 15) is 4.79 Å². The van der Waals surface area contributed by atoms with E-state index in [-0.39, 0.29) is 0 Å². The van der Waals surface area contributed by atoms with E-state index in [0.717, 1.165) is 13.2 Å². The SMILES string of the molecule is CC(=O)[C@H]1[C@@H]2COC[C@@H]21. The van der Waals surface area contributed by atoms with Gasteiger partial charge in [-0.25, -0.2) is 0 Å². The Morgan fingerprint density at radius 3 is 2.33 bits per heavy atom. The topological polar surface area (TPSA) is 26.3 Å². The quantitative estimate of drug-likeness (QED) is 0.510. The van der Waals surface area contributed by atoms with Crippen LogP contribution in [0.3, 0.4) is 0 Å². The molecule has 2 rings (SSSR count). The normalized spacial score (nSPS) is 46.6. The summed E-state index contributed by atoms with van der Waals surface area (Å²) in [6.45, 7) is 3.34. The highest BCUT2D eigenvalue weighted by Crippen LogP contribution is 2.50. The minimum Gasteiger partial charge on any atom is -0.381 e. The Morgan fingerprint density at radius 1 is 1.44 bits per heavy atom. The summed E-state index contributed by atoms with van der Waals surface area (Å²) in [6, 6.07) is 0. The molecule has 0 bridgehead atoms. The zero-order valence-electron chi connectivity index (χ0n) is 5.46. The lowest BCUT2D eigenvalue weighted by atomic mass is 10.2. The summed E-state index contributed by atoms with van der Waals surface area (Å²) >= 11 is 0. The number of carbonyl (C=O) groups excluding carboxylic acids is 1. The smallest absolute Gasteiger partial charge is 0.133 e. The van der Waals surface area contributed by atoms with Gasteiger partial charge in [0, 0.05) is 5.92 Å². The molecule has 50 valence electrons. The van der Waals surface area contributed by atoms with Crippen LogP contribution < -0.4 is 0 Å². The molecule has 0 aromatic heterocycles. The van der Waals surface area contributed by atoms with Crippen LogP contribution in [0.1, 0.15) is 6.92 Å². The van der Waals surface area contributed by atoms with Gasteiger partial charge in [0.1, 0.15) is 5.78 Å². The largest absolute Gasteiger partial charge is 0.381 e. The number of carbonyl (C=O) groups is 1. The molecule has 1 saturated heterocycles. The number of ketones is 1. The molecule has 0 aromatic rings. The molecule has 9 heavy (non-hydrogen) atoms. The highest BCUT2D eigenvalue weighted by Gasteiger charge is 2.56. The van der Waals surface area contributed by atoms with E-state index in [2.05, 4.69) is 0 Å². The van der Waals surface area contributed by atoms with Crippen LogP contribution in [-0.4, -0.2) is 19.0 Å². The fourth-order valence-electron chi connectivity index (χ4n) is 1.84. The minimum absolute atomic E-state index is 0.355. The first-order valence-electron chi connectivity index (χ1n) is 3.39. The lowest BCUT2D eigenvalue weighted by Gasteiger charge is -1.97. The molecule has 0 N–H and O–H groups in total. The van der Waals surface area contributed by atoms with Gasteiger partial charge >= 0.3 is 0 Å². The highest BCUT2D eigenvalue weighted by molar-refractivity contribution is 5.82. The number of Topliss-reactive ketones (excluding diaryl/α,β-unsaturated/α-hetero) is 1. The second kappa shape index (κ2) is 1.57. The third-order valence-corrected chi connectivity index (χ3v) is 2.42. The highest BCUT2D eigenvalue weighted by atomic mass is 16.5. The van der Waals surface area contributed by atoms with Crippen molar-refractivity contribution in [3.63, 3.8) is 0 Å². The van der Waals surface area contributed by atoms with Crippen molar-refractivity contribution in [3.8, 4) is 0 Å². The summed E-state index contributed by atoms with van der Waals surface area (Å²) in [4.78, 5) is 10.8. The number of ether oxygens (including phenoxy) is 1. The van der Waals surface area contributed by atoms with Crippen LogP contribution in [0.2, 0.25) is 0 Å². The van der Waals surface area contributed by atoms with E-state index in [0.29, 0.717) is 23.5 Å². The summed E-state index contributed by atoms with van der Waals surface area (Å²) in [7, 11) is 0. The summed E-state index contributed by atoms with van der Waals surface area (Å²) in [5.74, 6) is 1.93. The van der Waals surface area contributed by atoms with Crippen molar-refractivity contribution in [3.05, 3.63) is 0 Å². The number of hydrogen-bond acceptors (Lipinski definition) is 2. The van der Waals surface area contributed by atoms with Crippen molar-refractivity contribution < 1.29 is 9.53 Å². The maximum Gasteiger partial charge on any atom is 0.133 e. The molecule has 0 aromatic carbocycles. The molecular weight excluding hydrogens is 116 g/mol. The van der Waals surface area contributed by atoms with Gasteiger partial charge in [0.05, 0.1) is 13.2 Å². The van der Waals surface area contributed by atoms with Crippen molar-refractivity contribution in [1.29, 1.82) is 0 Å². The first-order chi connectivity index (χ1) is 4.30. The first kappa shape index (κ1) is 5.42. The van der Waals surface area contributed by atoms with Crippen molar-refractivity contribution in [2.45, 2.75) is 6.92 Å². The fourth-order valence-corrected chi connectivity index (χ4v) is 1.84. The number of rotatable bonds is 1. The van der Waals surface area contributed by atoms with Crippen LogP contribution in [0, 0.1) is 17.8 Å². The monoisotopic (exact) mass is 126 g/mol. The van der Waals surface area contributed by atoms with Crippen molar-refractivity contribution in [2.24, 2.45) is 17.8 Å². The molecule has 2 aliphatic rings. The van der Waals surface area contributed by atoms with Gasteiger partial charge in [-0.1, -0.05) is 0 Å². The van der Waals surface area contributed by atoms with Gasteiger partial charge in [0.2, 0.25) is 0 Å². The average Bonchev–Trinajstić information content (AvgIpc) is 2.30. The number of hydrogen-bond donors (Lipinski definition) is 0. The Bertz CT molecular complexity index is 143. The Morgan fingerprint density at radius 2 is 2.00 bits per heavy atom. The summed E-state index contributed by atoms with van der Waals surface area (Å²) in [6.07, 6.45) is 0. The van der Waals surface area contributed by atoms with E-state index in [1.165, 1.54) is 0 Å². The van der Waals surface area contributed by atoms with E-state index in [1.54, 1.807) is 6.92 Å². The van der Waals surface area contributed by atoms with Crippen LogP contribution in [0.15, 0.2) is 0 Å². The molecule has 0 radical (unpaired) electrons. The first-order valence-corrected chi connectivity index (χ1v) is 3.39. The molecule has 1 aliphatic heterocycles. The van der Waals surface area contributed by atoms with Crippen LogP contribution in [0.4, 0.5) is 0 Å². The standard InChI is InChI=1S/C7H10O2/c1-4(8)7-5-2-9-3-6(5)7/h5-7H,2-3H2,1H3/t5-,6+,7+. The zero-order valence-corrected chi connectivity index (χ0v) is 5.46. The van der Waals surface area contributed by atoms with Gasteiger partial charge in [0.15, 0.2) is 0 Å². The predicted octanol–water partition coefficient (Wildman–Crippen LogP) is 0.468. The second-order valence-corrected chi connectivity index (χ2v) is 3.00. The maximum absolute atomic E-state index is 10.8. The summed E-state index contributed by atoms with van der Waals surface area (Å²) in [5.41, 5.74) is 0.